The first-order chi connectivity index (χ1) is 12.1. The molecule has 0 fully saturated rings. The SMILES string of the molecule is COc1ccc(COC[C@H](C)CN2C(=O)c3ccccc3C2=O)cc1. The Hall–Kier alpha value is -2.66. The molecule has 1 heterocycles. The van der Waals surface area contributed by atoms with E-state index in [4.69, 9.17) is 9.47 Å². The molecule has 2 amide bonds. The van der Waals surface area contributed by atoms with E-state index in [2.05, 4.69) is 0 Å². The molecule has 0 radical (unpaired) electrons. The molecule has 2 aromatic rings. The van der Waals surface area contributed by atoms with Crippen molar-refractivity contribution in [3.05, 3.63) is 65.2 Å². The first kappa shape index (κ1) is 17.2. The number of benzene rings is 2. The molecular weight excluding hydrogens is 318 g/mol. The zero-order valence-corrected chi connectivity index (χ0v) is 14.4. The maximum Gasteiger partial charge on any atom is 0.261 e. The standard InChI is InChI=1S/C20H21NO4/c1-14(12-25-13-15-7-9-16(24-2)10-8-15)11-21-19(22)17-5-3-4-6-18(17)20(21)23/h3-10,14H,11-13H2,1-2H3/t14-/m1/s1. The lowest BCUT2D eigenvalue weighted by Crippen LogP contribution is -2.35. The van der Waals surface area contributed by atoms with Crippen LogP contribution in [0.15, 0.2) is 48.5 Å². The monoisotopic (exact) mass is 339 g/mol. The fourth-order valence-corrected chi connectivity index (χ4v) is 2.87. The lowest BCUT2D eigenvalue weighted by molar-refractivity contribution is 0.0536. The Kier molecular flexibility index (Phi) is 5.14. The molecule has 0 N–H and O–H groups in total. The fourth-order valence-electron chi connectivity index (χ4n) is 2.87. The van der Waals surface area contributed by atoms with Crippen LogP contribution in [0.4, 0.5) is 0 Å². The van der Waals surface area contributed by atoms with E-state index in [0.717, 1.165) is 11.3 Å². The Labute approximate surface area is 147 Å². The second-order valence-corrected chi connectivity index (χ2v) is 6.23. The van der Waals surface area contributed by atoms with E-state index in [1.54, 1.807) is 31.4 Å². The van der Waals surface area contributed by atoms with Gasteiger partial charge in [0.2, 0.25) is 0 Å². The molecule has 0 unspecified atom stereocenters. The van der Waals surface area contributed by atoms with E-state index >= 15 is 0 Å². The molecule has 0 spiro atoms. The Morgan fingerprint density at radius 1 is 0.960 bits per heavy atom. The van der Waals surface area contributed by atoms with Crippen molar-refractivity contribution in [3.8, 4) is 5.75 Å². The van der Waals surface area contributed by atoms with Crippen LogP contribution in [0.25, 0.3) is 0 Å². The van der Waals surface area contributed by atoms with Crippen molar-refractivity contribution in [2.75, 3.05) is 20.3 Å². The molecule has 5 nitrogen and oxygen atoms in total. The molecule has 0 aliphatic carbocycles. The Morgan fingerprint density at radius 3 is 2.12 bits per heavy atom. The predicted octanol–water partition coefficient (Wildman–Crippen LogP) is 3.14. The number of methoxy groups -OCH3 is 1. The van der Waals surface area contributed by atoms with Crippen LogP contribution in [-0.2, 0) is 11.3 Å². The lowest BCUT2D eigenvalue weighted by Gasteiger charge is -2.19. The molecule has 3 rings (SSSR count). The third kappa shape index (κ3) is 3.72. The minimum absolute atomic E-state index is 0.0560. The van der Waals surface area contributed by atoms with Gasteiger partial charge in [0.15, 0.2) is 0 Å². The van der Waals surface area contributed by atoms with Gasteiger partial charge < -0.3 is 9.47 Å². The molecule has 5 heteroatoms. The van der Waals surface area contributed by atoms with Gasteiger partial charge >= 0.3 is 0 Å². The van der Waals surface area contributed by atoms with E-state index in [1.165, 1.54) is 4.90 Å². The predicted molar refractivity (Wildman–Crippen MR) is 93.6 cm³/mol. The minimum atomic E-state index is -0.220. The first-order valence-electron chi connectivity index (χ1n) is 8.26. The summed E-state index contributed by atoms with van der Waals surface area (Å²) in [4.78, 5) is 26.0. The van der Waals surface area contributed by atoms with Crippen molar-refractivity contribution < 1.29 is 19.1 Å². The summed E-state index contributed by atoms with van der Waals surface area (Å²) in [6.07, 6.45) is 0. The van der Waals surface area contributed by atoms with Crippen molar-refractivity contribution >= 4 is 11.8 Å². The highest BCUT2D eigenvalue weighted by atomic mass is 16.5. The maximum atomic E-state index is 12.4. The highest BCUT2D eigenvalue weighted by molar-refractivity contribution is 6.21. The number of hydrogen-bond acceptors (Lipinski definition) is 4. The fraction of sp³-hybridized carbons (Fsp3) is 0.300. The largest absolute Gasteiger partial charge is 0.497 e. The van der Waals surface area contributed by atoms with Gasteiger partial charge in [0.05, 0.1) is 31.5 Å². The third-order valence-electron chi connectivity index (χ3n) is 4.20. The average Bonchev–Trinajstić information content (AvgIpc) is 2.88. The zero-order valence-electron chi connectivity index (χ0n) is 14.4. The Morgan fingerprint density at radius 2 is 1.56 bits per heavy atom. The van der Waals surface area contributed by atoms with Crippen molar-refractivity contribution in [3.63, 3.8) is 0 Å². The average molecular weight is 339 g/mol. The van der Waals surface area contributed by atoms with Gasteiger partial charge in [-0.25, -0.2) is 0 Å². The second kappa shape index (κ2) is 7.49. The van der Waals surface area contributed by atoms with Gasteiger partial charge in [-0.05, 0) is 35.7 Å². The second-order valence-electron chi connectivity index (χ2n) is 6.23. The summed E-state index contributed by atoms with van der Waals surface area (Å²) in [7, 11) is 1.63. The van der Waals surface area contributed by atoms with Gasteiger partial charge in [-0.15, -0.1) is 0 Å². The summed E-state index contributed by atoms with van der Waals surface area (Å²) in [6.45, 7) is 3.28. The molecule has 1 atom stereocenters. The van der Waals surface area contributed by atoms with Gasteiger partial charge in [0.1, 0.15) is 5.75 Å². The summed E-state index contributed by atoms with van der Waals surface area (Å²) in [6, 6.07) is 14.6. The normalized spacial score (nSPS) is 14.6. The van der Waals surface area contributed by atoms with Crippen LogP contribution in [0.1, 0.15) is 33.2 Å². The number of hydrogen-bond donors (Lipinski definition) is 0. The van der Waals surface area contributed by atoms with Crippen LogP contribution in [-0.4, -0.2) is 37.0 Å². The van der Waals surface area contributed by atoms with Crippen LogP contribution in [0.2, 0.25) is 0 Å². The topological polar surface area (TPSA) is 55.8 Å². The number of carbonyl (C=O) groups excluding carboxylic acids is 2. The van der Waals surface area contributed by atoms with Crippen LogP contribution < -0.4 is 4.74 Å². The number of nitrogens with zero attached hydrogens (tertiary/aromatic N) is 1. The van der Waals surface area contributed by atoms with Gasteiger partial charge in [-0.3, -0.25) is 14.5 Å². The van der Waals surface area contributed by atoms with E-state index in [-0.39, 0.29) is 17.7 Å². The smallest absolute Gasteiger partial charge is 0.261 e. The Bertz CT molecular complexity index is 735. The quantitative estimate of drug-likeness (QED) is 0.727. The van der Waals surface area contributed by atoms with Crippen LogP contribution in [0.3, 0.4) is 0 Å². The van der Waals surface area contributed by atoms with Gasteiger partial charge in [-0.1, -0.05) is 31.2 Å². The summed E-state index contributed by atoms with van der Waals surface area (Å²) >= 11 is 0. The molecule has 130 valence electrons. The summed E-state index contributed by atoms with van der Waals surface area (Å²) in [5.74, 6) is 0.424. The number of ether oxygens (including phenoxy) is 2. The van der Waals surface area contributed by atoms with Gasteiger partial charge in [0.25, 0.3) is 11.8 Å². The van der Waals surface area contributed by atoms with Gasteiger partial charge in [0, 0.05) is 6.54 Å². The lowest BCUT2D eigenvalue weighted by atomic mass is 10.1. The highest BCUT2D eigenvalue weighted by Crippen LogP contribution is 2.23. The molecule has 2 aromatic carbocycles. The number of fused-ring (bicyclic) bond motifs is 1. The maximum absolute atomic E-state index is 12.4. The summed E-state index contributed by atoms with van der Waals surface area (Å²) in [5, 5.41) is 0. The first-order valence-corrected chi connectivity index (χ1v) is 8.26. The number of rotatable bonds is 7. The van der Waals surface area contributed by atoms with Crippen LogP contribution in [0.5, 0.6) is 5.75 Å². The van der Waals surface area contributed by atoms with Gasteiger partial charge in [-0.2, -0.15) is 0 Å². The number of carbonyl (C=O) groups is 2. The number of imide groups is 1. The summed E-state index contributed by atoms with van der Waals surface area (Å²) in [5.41, 5.74) is 2.02. The Balaban J connectivity index is 1.50. The molecule has 0 saturated heterocycles. The van der Waals surface area contributed by atoms with E-state index in [1.807, 2.05) is 31.2 Å². The molecular formula is C20H21NO4. The third-order valence-corrected chi connectivity index (χ3v) is 4.20. The van der Waals surface area contributed by atoms with Crippen molar-refractivity contribution in [1.29, 1.82) is 0 Å². The molecule has 0 bridgehead atoms. The van der Waals surface area contributed by atoms with Crippen molar-refractivity contribution in [1.82, 2.24) is 4.90 Å². The van der Waals surface area contributed by atoms with Crippen molar-refractivity contribution in [2.45, 2.75) is 13.5 Å². The number of amides is 2. The highest BCUT2D eigenvalue weighted by Gasteiger charge is 2.35. The molecule has 0 saturated carbocycles. The molecule has 1 aliphatic rings. The van der Waals surface area contributed by atoms with E-state index < -0.39 is 0 Å². The summed E-state index contributed by atoms with van der Waals surface area (Å²) < 4.78 is 10.8. The minimum Gasteiger partial charge on any atom is -0.497 e. The van der Waals surface area contributed by atoms with Crippen LogP contribution in [0, 0.1) is 5.92 Å². The van der Waals surface area contributed by atoms with Crippen LogP contribution >= 0.6 is 0 Å². The zero-order chi connectivity index (χ0) is 17.8. The molecule has 25 heavy (non-hydrogen) atoms. The van der Waals surface area contributed by atoms with Crippen molar-refractivity contribution in [2.24, 2.45) is 5.92 Å². The molecule has 1 aliphatic heterocycles. The molecule has 0 aromatic heterocycles. The van der Waals surface area contributed by atoms with E-state index in [9.17, 15) is 9.59 Å². The van der Waals surface area contributed by atoms with E-state index in [0.29, 0.717) is 30.9 Å².